The zero-order chi connectivity index (χ0) is 22.7. The molecular formula is C26H33ClN4O. The summed E-state index contributed by atoms with van der Waals surface area (Å²) in [6.45, 7) is 5.90. The van der Waals surface area contributed by atoms with Gasteiger partial charge in [0.15, 0.2) is 0 Å². The summed E-state index contributed by atoms with van der Waals surface area (Å²) in [6, 6.07) is 16.3. The molecule has 1 saturated heterocycles. The Kier molecular flexibility index (Phi) is 7.19. The number of H-pyrrole nitrogens is 1. The first-order valence-electron chi connectivity index (χ1n) is 11.5. The van der Waals surface area contributed by atoms with Crippen molar-refractivity contribution in [1.29, 1.82) is 0 Å². The minimum atomic E-state index is -0.262. The molecule has 1 amide bonds. The van der Waals surface area contributed by atoms with Gasteiger partial charge < -0.3 is 20.5 Å². The number of carbonyl (C=O) groups is 1. The van der Waals surface area contributed by atoms with Crippen molar-refractivity contribution in [2.75, 3.05) is 20.1 Å². The van der Waals surface area contributed by atoms with Gasteiger partial charge in [0.2, 0.25) is 5.91 Å². The Morgan fingerprint density at radius 2 is 1.94 bits per heavy atom. The van der Waals surface area contributed by atoms with E-state index in [1.54, 1.807) is 0 Å². The molecule has 170 valence electrons. The molecule has 0 bridgehead atoms. The quantitative estimate of drug-likeness (QED) is 0.507. The number of nitrogens with zero attached hydrogens (tertiary/aromatic N) is 1. The predicted molar refractivity (Wildman–Crippen MR) is 132 cm³/mol. The van der Waals surface area contributed by atoms with Crippen LogP contribution >= 0.6 is 11.6 Å². The summed E-state index contributed by atoms with van der Waals surface area (Å²) in [4.78, 5) is 19.2. The number of aromatic amines is 1. The first-order valence-corrected chi connectivity index (χ1v) is 11.8. The molecule has 0 aliphatic carbocycles. The van der Waals surface area contributed by atoms with Crippen LogP contribution in [0.15, 0.2) is 54.7 Å². The van der Waals surface area contributed by atoms with Gasteiger partial charge in [-0.2, -0.15) is 0 Å². The van der Waals surface area contributed by atoms with Crippen molar-refractivity contribution in [3.63, 3.8) is 0 Å². The Morgan fingerprint density at radius 3 is 2.66 bits per heavy atom. The molecule has 32 heavy (non-hydrogen) atoms. The highest BCUT2D eigenvalue weighted by atomic mass is 35.5. The molecule has 2 heterocycles. The van der Waals surface area contributed by atoms with Crippen LogP contribution in [-0.2, 0) is 17.6 Å². The lowest BCUT2D eigenvalue weighted by molar-refractivity contribution is -0.138. The van der Waals surface area contributed by atoms with Crippen LogP contribution in [-0.4, -0.2) is 54.1 Å². The van der Waals surface area contributed by atoms with E-state index in [1.807, 2.05) is 31.3 Å². The molecule has 4 rings (SSSR count). The molecule has 3 atom stereocenters. The van der Waals surface area contributed by atoms with E-state index in [0.717, 1.165) is 18.5 Å². The zero-order valence-electron chi connectivity index (χ0n) is 19.1. The standard InChI is InChI=1S/C26H33ClN4O/c1-17(2)25-15-29-21(13-23-22-7-5-4-6-19(22)14-30-23)16-31(25)26(32)24(28-3)12-18-8-10-20(27)11-9-18/h4-11,14,17,21,24-25,28-30H,12-13,15-16H2,1-3H3. The third kappa shape index (κ3) is 5.01. The van der Waals surface area contributed by atoms with Gasteiger partial charge in [0, 0.05) is 53.9 Å². The molecule has 3 unspecified atom stereocenters. The molecule has 0 spiro atoms. The highest BCUT2D eigenvalue weighted by molar-refractivity contribution is 6.30. The number of rotatable bonds is 7. The Morgan fingerprint density at radius 1 is 1.19 bits per heavy atom. The third-order valence-corrected chi connectivity index (χ3v) is 6.88. The number of carbonyl (C=O) groups excluding carboxylic acids is 1. The normalized spacial score (nSPS) is 20.1. The lowest BCUT2D eigenvalue weighted by Gasteiger charge is -2.43. The average Bonchev–Trinajstić information content (AvgIpc) is 3.21. The maximum atomic E-state index is 13.7. The fourth-order valence-electron chi connectivity index (χ4n) is 4.75. The van der Waals surface area contributed by atoms with E-state index in [4.69, 9.17) is 11.6 Å². The number of amides is 1. The molecular weight excluding hydrogens is 420 g/mol. The highest BCUT2D eigenvalue weighted by Gasteiger charge is 2.36. The fraction of sp³-hybridized carbons (Fsp3) is 0.423. The summed E-state index contributed by atoms with van der Waals surface area (Å²) in [5, 5.41) is 10.2. The van der Waals surface area contributed by atoms with Crippen molar-refractivity contribution in [1.82, 2.24) is 20.5 Å². The van der Waals surface area contributed by atoms with Crippen LogP contribution in [0.2, 0.25) is 5.02 Å². The smallest absolute Gasteiger partial charge is 0.240 e. The summed E-state index contributed by atoms with van der Waals surface area (Å²) in [5.74, 6) is 0.552. The summed E-state index contributed by atoms with van der Waals surface area (Å²) >= 11 is 6.03. The summed E-state index contributed by atoms with van der Waals surface area (Å²) in [5.41, 5.74) is 2.33. The van der Waals surface area contributed by atoms with E-state index in [9.17, 15) is 4.79 Å². The minimum absolute atomic E-state index is 0.170. The molecule has 2 aromatic carbocycles. The number of halogens is 1. The van der Waals surface area contributed by atoms with Crippen molar-refractivity contribution in [3.8, 4) is 0 Å². The minimum Gasteiger partial charge on any atom is -0.364 e. The van der Waals surface area contributed by atoms with E-state index >= 15 is 0 Å². The van der Waals surface area contributed by atoms with Crippen LogP contribution in [0.3, 0.4) is 0 Å². The molecule has 1 fully saturated rings. The van der Waals surface area contributed by atoms with Crippen LogP contribution in [0.25, 0.3) is 10.8 Å². The maximum absolute atomic E-state index is 13.7. The van der Waals surface area contributed by atoms with Gasteiger partial charge >= 0.3 is 0 Å². The Labute approximate surface area is 195 Å². The van der Waals surface area contributed by atoms with Gasteiger partial charge in [-0.15, -0.1) is 0 Å². The molecule has 0 radical (unpaired) electrons. The van der Waals surface area contributed by atoms with Crippen LogP contribution in [0.1, 0.15) is 25.1 Å². The lowest BCUT2D eigenvalue weighted by Crippen LogP contribution is -2.63. The fourth-order valence-corrected chi connectivity index (χ4v) is 4.87. The number of piperazine rings is 1. The van der Waals surface area contributed by atoms with E-state index in [-0.39, 0.29) is 24.0 Å². The van der Waals surface area contributed by atoms with E-state index < -0.39 is 0 Å². The van der Waals surface area contributed by atoms with Crippen molar-refractivity contribution < 1.29 is 4.79 Å². The number of benzene rings is 2. The van der Waals surface area contributed by atoms with Crippen molar-refractivity contribution in [2.24, 2.45) is 5.92 Å². The summed E-state index contributed by atoms with van der Waals surface area (Å²) in [7, 11) is 1.87. The number of hydrogen-bond acceptors (Lipinski definition) is 3. The Hall–Kier alpha value is -2.34. The van der Waals surface area contributed by atoms with Gasteiger partial charge in [-0.05, 0) is 42.5 Å². The second-order valence-electron chi connectivity index (χ2n) is 9.14. The average molecular weight is 453 g/mol. The van der Waals surface area contributed by atoms with Gasteiger partial charge in [0.1, 0.15) is 0 Å². The van der Waals surface area contributed by atoms with Crippen molar-refractivity contribution in [3.05, 3.63) is 71.0 Å². The van der Waals surface area contributed by atoms with E-state index in [0.29, 0.717) is 23.9 Å². The Bertz CT molecular complexity index is 1050. The molecule has 6 heteroatoms. The van der Waals surface area contributed by atoms with Crippen LogP contribution < -0.4 is 10.6 Å². The first-order chi connectivity index (χ1) is 15.5. The summed E-state index contributed by atoms with van der Waals surface area (Å²) < 4.78 is 0. The van der Waals surface area contributed by atoms with Crippen molar-refractivity contribution in [2.45, 2.75) is 44.8 Å². The molecule has 0 saturated carbocycles. The summed E-state index contributed by atoms with van der Waals surface area (Å²) in [6.07, 6.45) is 3.58. The van der Waals surface area contributed by atoms with E-state index in [1.165, 1.54) is 16.5 Å². The van der Waals surface area contributed by atoms with Gasteiger partial charge in [0.05, 0.1) is 6.04 Å². The van der Waals surface area contributed by atoms with Crippen LogP contribution in [0.4, 0.5) is 0 Å². The van der Waals surface area contributed by atoms with Gasteiger partial charge in [-0.25, -0.2) is 0 Å². The van der Waals surface area contributed by atoms with E-state index in [2.05, 4.69) is 64.8 Å². The highest BCUT2D eigenvalue weighted by Crippen LogP contribution is 2.23. The Balaban J connectivity index is 1.50. The van der Waals surface area contributed by atoms with Crippen molar-refractivity contribution >= 4 is 28.3 Å². The number of nitrogens with one attached hydrogen (secondary N) is 3. The third-order valence-electron chi connectivity index (χ3n) is 6.62. The molecule has 3 aromatic rings. The SMILES string of the molecule is CNC(Cc1ccc(Cl)cc1)C(=O)N1CC(Cc2[nH]cc3ccccc23)NCC1C(C)C. The molecule has 1 aliphatic heterocycles. The second kappa shape index (κ2) is 10.1. The van der Waals surface area contributed by atoms with Crippen LogP contribution in [0.5, 0.6) is 0 Å². The van der Waals surface area contributed by atoms with Gasteiger partial charge in [-0.1, -0.05) is 61.8 Å². The number of likely N-dealkylation sites (N-methyl/N-ethyl adjacent to an activating group) is 1. The van der Waals surface area contributed by atoms with Crippen LogP contribution in [0, 0.1) is 5.92 Å². The predicted octanol–water partition coefficient (Wildman–Crippen LogP) is 4.02. The largest absolute Gasteiger partial charge is 0.364 e. The molecule has 5 nitrogen and oxygen atoms in total. The number of fused-ring (bicyclic) bond motifs is 1. The number of aromatic nitrogens is 1. The molecule has 1 aliphatic rings. The second-order valence-corrected chi connectivity index (χ2v) is 9.57. The first kappa shape index (κ1) is 22.8. The zero-order valence-corrected chi connectivity index (χ0v) is 19.8. The number of hydrogen-bond donors (Lipinski definition) is 3. The topological polar surface area (TPSA) is 60.2 Å². The molecule has 1 aromatic heterocycles. The molecule has 3 N–H and O–H groups in total. The van der Waals surface area contributed by atoms with Gasteiger partial charge in [-0.3, -0.25) is 4.79 Å². The maximum Gasteiger partial charge on any atom is 0.240 e. The monoisotopic (exact) mass is 452 g/mol. The van der Waals surface area contributed by atoms with Gasteiger partial charge in [0.25, 0.3) is 0 Å². The lowest BCUT2D eigenvalue weighted by atomic mass is 9.94.